The third-order valence-corrected chi connectivity index (χ3v) is 7.49. The van der Waals surface area contributed by atoms with Crippen LogP contribution in [0.1, 0.15) is 47.5 Å². The van der Waals surface area contributed by atoms with Crippen LogP contribution in [0.25, 0.3) is 0 Å². The highest BCUT2D eigenvalue weighted by Crippen LogP contribution is 2.41. The van der Waals surface area contributed by atoms with Crippen molar-refractivity contribution >= 4 is 5.78 Å². The normalized spacial score (nSPS) is 26.1. The predicted molar refractivity (Wildman–Crippen MR) is 123 cm³/mol. The first kappa shape index (κ1) is 23.7. The van der Waals surface area contributed by atoms with Crippen molar-refractivity contribution in [1.82, 2.24) is 19.6 Å². The van der Waals surface area contributed by atoms with Crippen LogP contribution in [0.3, 0.4) is 0 Å². The molecule has 4 fully saturated rings. The maximum Gasteiger partial charge on any atom is 0.143 e. The van der Waals surface area contributed by atoms with Crippen molar-refractivity contribution in [1.29, 1.82) is 0 Å². The van der Waals surface area contributed by atoms with Crippen LogP contribution in [-0.2, 0) is 4.79 Å². The van der Waals surface area contributed by atoms with E-state index in [-0.39, 0.29) is 0 Å². The first-order valence-corrected chi connectivity index (χ1v) is 11.8. The number of ketones is 1. The third-order valence-electron chi connectivity index (χ3n) is 7.49. The van der Waals surface area contributed by atoms with Crippen molar-refractivity contribution in [2.45, 2.75) is 59.5 Å². The molecule has 1 N–H and O–H groups in total. The molecule has 4 rings (SSSR count). The number of carbonyl (C=O) groups excluding carboxylic acids is 1. The highest BCUT2D eigenvalue weighted by atomic mass is 16.3. The van der Waals surface area contributed by atoms with E-state index in [0.29, 0.717) is 47.5 Å². The molecule has 0 unspecified atom stereocenters. The molecule has 4 aliphatic heterocycles. The summed E-state index contributed by atoms with van der Waals surface area (Å²) in [5.74, 6) is 0.593. The summed E-state index contributed by atoms with van der Waals surface area (Å²) in [5.41, 5.74) is 1.05. The number of hydrogen-bond donors (Lipinski definition) is 1. The Balaban J connectivity index is 0.000000171. The summed E-state index contributed by atoms with van der Waals surface area (Å²) in [6, 6.07) is 1.35. The summed E-state index contributed by atoms with van der Waals surface area (Å²) in [6.07, 6.45) is 2.60. The molecule has 4 aliphatic rings. The van der Waals surface area contributed by atoms with Crippen molar-refractivity contribution in [3.05, 3.63) is 12.3 Å². The number of rotatable bonds is 6. The van der Waals surface area contributed by atoms with E-state index in [4.69, 9.17) is 5.11 Å². The van der Waals surface area contributed by atoms with Gasteiger partial charge in [0, 0.05) is 62.2 Å². The first-order valence-electron chi connectivity index (χ1n) is 11.8. The van der Waals surface area contributed by atoms with E-state index in [1.165, 1.54) is 39.0 Å². The Hall–Kier alpha value is -0.950. The molecular formula is C24H44N4O2. The Labute approximate surface area is 183 Å². The molecule has 4 heterocycles. The molecule has 0 aliphatic carbocycles. The molecule has 0 bridgehead atoms. The molecule has 0 atom stereocenters. The van der Waals surface area contributed by atoms with Gasteiger partial charge in [-0.3, -0.25) is 19.5 Å². The van der Waals surface area contributed by atoms with E-state index in [1.807, 2.05) is 0 Å². The van der Waals surface area contributed by atoms with Gasteiger partial charge in [0.1, 0.15) is 5.78 Å². The maximum absolute atomic E-state index is 11.0. The predicted octanol–water partition coefficient (Wildman–Crippen LogP) is 2.47. The molecule has 0 aromatic rings. The summed E-state index contributed by atoms with van der Waals surface area (Å²) >= 11 is 0. The highest BCUT2D eigenvalue weighted by Gasteiger charge is 2.48. The van der Waals surface area contributed by atoms with E-state index in [1.54, 1.807) is 6.92 Å². The third kappa shape index (κ3) is 5.64. The van der Waals surface area contributed by atoms with Gasteiger partial charge in [0.05, 0.1) is 18.8 Å². The van der Waals surface area contributed by atoms with E-state index in [2.05, 4.69) is 53.9 Å². The molecule has 4 saturated heterocycles. The van der Waals surface area contributed by atoms with Crippen LogP contribution in [0.5, 0.6) is 0 Å². The van der Waals surface area contributed by atoms with Gasteiger partial charge in [-0.1, -0.05) is 6.58 Å². The fraction of sp³-hybridized carbons (Fsp3) is 0.875. The van der Waals surface area contributed by atoms with Gasteiger partial charge in [-0.25, -0.2) is 0 Å². The van der Waals surface area contributed by atoms with Gasteiger partial charge in [0.15, 0.2) is 0 Å². The molecule has 0 amide bonds. The Kier molecular flexibility index (Phi) is 7.33. The van der Waals surface area contributed by atoms with Gasteiger partial charge in [0.2, 0.25) is 0 Å². The van der Waals surface area contributed by atoms with Crippen LogP contribution < -0.4 is 0 Å². The van der Waals surface area contributed by atoms with E-state index < -0.39 is 0 Å². The molecular weight excluding hydrogens is 376 g/mol. The minimum absolute atomic E-state index is 0.295. The molecule has 0 radical (unpaired) electrons. The number of aliphatic hydroxyl groups is 1. The summed E-state index contributed by atoms with van der Waals surface area (Å²) in [6.45, 7) is 25.1. The van der Waals surface area contributed by atoms with Crippen molar-refractivity contribution in [3.63, 3.8) is 0 Å². The second-order valence-electron chi connectivity index (χ2n) is 11.2. The Morgan fingerprint density at radius 1 is 0.833 bits per heavy atom. The smallest absolute Gasteiger partial charge is 0.143 e. The zero-order valence-electron chi connectivity index (χ0n) is 20.0. The zero-order valence-corrected chi connectivity index (χ0v) is 20.0. The molecule has 30 heavy (non-hydrogen) atoms. The highest BCUT2D eigenvalue weighted by molar-refractivity contribution is 5.77. The summed E-state index contributed by atoms with van der Waals surface area (Å²) in [4.78, 5) is 20.7. The van der Waals surface area contributed by atoms with Crippen LogP contribution in [-0.4, -0.2) is 108 Å². The molecule has 172 valence electrons. The molecule has 2 spiro atoms. The lowest BCUT2D eigenvalue weighted by Gasteiger charge is -2.50. The average molecular weight is 421 g/mol. The lowest BCUT2D eigenvalue weighted by Crippen LogP contribution is -2.59. The number of nitrogens with zero attached hydrogens (tertiary/aromatic N) is 4. The van der Waals surface area contributed by atoms with Crippen LogP contribution in [0.2, 0.25) is 0 Å². The second-order valence-corrected chi connectivity index (χ2v) is 11.2. The lowest BCUT2D eigenvalue weighted by atomic mass is 9.78. The van der Waals surface area contributed by atoms with Crippen LogP contribution in [0.4, 0.5) is 0 Å². The minimum Gasteiger partial charge on any atom is -0.512 e. The largest absolute Gasteiger partial charge is 0.512 e. The van der Waals surface area contributed by atoms with Gasteiger partial charge in [-0.2, -0.15) is 0 Å². The summed E-state index contributed by atoms with van der Waals surface area (Å²) in [7, 11) is 0. The molecule has 6 nitrogen and oxygen atoms in total. The van der Waals surface area contributed by atoms with Gasteiger partial charge in [-0.15, -0.1) is 0 Å². The lowest BCUT2D eigenvalue weighted by molar-refractivity contribution is -0.118. The second kappa shape index (κ2) is 9.27. The number of hydrogen-bond acceptors (Lipinski definition) is 6. The van der Waals surface area contributed by atoms with Crippen LogP contribution in [0.15, 0.2) is 12.3 Å². The Morgan fingerprint density at radius 2 is 1.33 bits per heavy atom. The molecule has 0 aromatic heterocycles. The van der Waals surface area contributed by atoms with Crippen LogP contribution in [0, 0.1) is 10.8 Å². The minimum atomic E-state index is 0.295. The van der Waals surface area contributed by atoms with Crippen molar-refractivity contribution in [2.75, 3.05) is 65.4 Å². The number of Topliss-reactive ketones (excluding diaryl/α,β-unsaturated/α-hetero) is 1. The van der Waals surface area contributed by atoms with E-state index >= 15 is 0 Å². The zero-order chi connectivity index (χ0) is 22.1. The fourth-order valence-corrected chi connectivity index (χ4v) is 5.86. The summed E-state index contributed by atoms with van der Waals surface area (Å²) < 4.78 is 0. The standard InChI is InChI=1S/2C12H22N2O/c1-10(2)14-5-4-12(9-14)7-13(8-12)6-11(3)15;1-10(2)14-8-12(9-14)4-5-13(7-12)6-11(3)15/h10,15H,3-9H2,1-2H3;10H,4-9H2,1-3H3. The average Bonchev–Trinajstić information content (AvgIpc) is 3.17. The van der Waals surface area contributed by atoms with E-state index in [0.717, 1.165) is 26.2 Å². The Bertz CT molecular complexity index is 621. The van der Waals surface area contributed by atoms with Crippen LogP contribution >= 0.6 is 0 Å². The van der Waals surface area contributed by atoms with Gasteiger partial charge < -0.3 is 10.0 Å². The fourth-order valence-electron chi connectivity index (χ4n) is 5.86. The van der Waals surface area contributed by atoms with Crippen molar-refractivity contribution < 1.29 is 9.90 Å². The number of aliphatic hydroxyl groups excluding tert-OH is 1. The molecule has 0 aromatic carbocycles. The van der Waals surface area contributed by atoms with Crippen molar-refractivity contribution in [3.8, 4) is 0 Å². The molecule has 0 saturated carbocycles. The first-order chi connectivity index (χ1) is 14.0. The van der Waals surface area contributed by atoms with Gasteiger partial charge in [-0.05, 0) is 60.5 Å². The topological polar surface area (TPSA) is 50.3 Å². The summed E-state index contributed by atoms with van der Waals surface area (Å²) in [5, 5.41) is 9.11. The molecule has 6 heteroatoms. The number of carbonyl (C=O) groups is 1. The Morgan fingerprint density at radius 3 is 1.83 bits per heavy atom. The quantitative estimate of drug-likeness (QED) is 0.666. The van der Waals surface area contributed by atoms with E-state index in [9.17, 15) is 4.79 Å². The SMILES string of the molecule is C=C(O)CN1CC2(CCN(C(C)C)C2)C1.CC(=O)CN1CCC2(C1)CN(C(C)C)C2. The maximum atomic E-state index is 11.0. The van der Waals surface area contributed by atoms with Crippen molar-refractivity contribution in [2.24, 2.45) is 10.8 Å². The monoisotopic (exact) mass is 420 g/mol. The van der Waals surface area contributed by atoms with Gasteiger partial charge in [0.25, 0.3) is 0 Å². The van der Waals surface area contributed by atoms with Gasteiger partial charge >= 0.3 is 0 Å². The number of likely N-dealkylation sites (tertiary alicyclic amines) is 4.